The van der Waals surface area contributed by atoms with Crippen LogP contribution in [0.3, 0.4) is 0 Å². The molecule has 0 saturated carbocycles. The van der Waals surface area contributed by atoms with Crippen molar-refractivity contribution in [3.8, 4) is 5.75 Å². The lowest BCUT2D eigenvalue weighted by molar-refractivity contribution is 0.401. The van der Waals surface area contributed by atoms with E-state index in [2.05, 4.69) is 42.7 Å². The first-order valence-corrected chi connectivity index (χ1v) is 7.32. The average Bonchev–Trinajstić information content (AvgIpc) is 2.91. The van der Waals surface area contributed by atoms with Gasteiger partial charge in [-0.15, -0.1) is 0 Å². The monoisotopic (exact) mass is 262 g/mol. The van der Waals surface area contributed by atoms with Gasteiger partial charge in [0.2, 0.25) is 0 Å². The SMILES string of the molecule is COc1cccc(C(C)NC(C)CC2CCCN2)c1. The number of benzene rings is 1. The fourth-order valence-electron chi connectivity index (χ4n) is 2.89. The third-order valence-electron chi connectivity index (χ3n) is 3.93. The Morgan fingerprint density at radius 1 is 1.42 bits per heavy atom. The summed E-state index contributed by atoms with van der Waals surface area (Å²) in [4.78, 5) is 0. The van der Waals surface area contributed by atoms with Crippen molar-refractivity contribution in [2.45, 2.75) is 51.2 Å². The molecule has 3 nitrogen and oxygen atoms in total. The summed E-state index contributed by atoms with van der Waals surface area (Å²) in [6, 6.07) is 9.87. The number of rotatable bonds is 6. The van der Waals surface area contributed by atoms with Crippen molar-refractivity contribution in [2.75, 3.05) is 13.7 Å². The van der Waals surface area contributed by atoms with E-state index in [1.54, 1.807) is 7.11 Å². The molecular formula is C16H26N2O. The van der Waals surface area contributed by atoms with Gasteiger partial charge in [-0.2, -0.15) is 0 Å². The highest BCUT2D eigenvalue weighted by Gasteiger charge is 2.18. The molecular weight excluding hydrogens is 236 g/mol. The summed E-state index contributed by atoms with van der Waals surface area (Å²) in [5.41, 5.74) is 1.28. The van der Waals surface area contributed by atoms with Crippen LogP contribution in [0.15, 0.2) is 24.3 Å². The Morgan fingerprint density at radius 2 is 2.26 bits per heavy atom. The average molecular weight is 262 g/mol. The summed E-state index contributed by atoms with van der Waals surface area (Å²) in [6.07, 6.45) is 3.84. The van der Waals surface area contributed by atoms with Gasteiger partial charge < -0.3 is 15.4 Å². The first-order valence-electron chi connectivity index (χ1n) is 7.32. The molecule has 3 atom stereocenters. The largest absolute Gasteiger partial charge is 0.497 e. The molecule has 2 rings (SSSR count). The predicted octanol–water partition coefficient (Wildman–Crippen LogP) is 2.88. The van der Waals surface area contributed by atoms with Crippen molar-refractivity contribution >= 4 is 0 Å². The van der Waals surface area contributed by atoms with Crippen LogP contribution in [0.25, 0.3) is 0 Å². The summed E-state index contributed by atoms with van der Waals surface area (Å²) in [7, 11) is 1.71. The topological polar surface area (TPSA) is 33.3 Å². The van der Waals surface area contributed by atoms with Gasteiger partial charge in [-0.3, -0.25) is 0 Å². The maximum absolute atomic E-state index is 5.28. The van der Waals surface area contributed by atoms with Gasteiger partial charge in [0.1, 0.15) is 5.75 Å². The Labute approximate surface area is 116 Å². The molecule has 1 fully saturated rings. The molecule has 0 spiro atoms. The third-order valence-corrected chi connectivity index (χ3v) is 3.93. The van der Waals surface area contributed by atoms with Crippen LogP contribution >= 0.6 is 0 Å². The highest BCUT2D eigenvalue weighted by molar-refractivity contribution is 5.30. The zero-order valence-corrected chi connectivity index (χ0v) is 12.3. The Bertz CT molecular complexity index is 388. The molecule has 106 valence electrons. The molecule has 0 aromatic heterocycles. The Balaban J connectivity index is 1.86. The molecule has 3 unspecified atom stereocenters. The minimum Gasteiger partial charge on any atom is -0.497 e. The van der Waals surface area contributed by atoms with Gasteiger partial charge in [0.15, 0.2) is 0 Å². The van der Waals surface area contributed by atoms with Gasteiger partial charge in [0.25, 0.3) is 0 Å². The van der Waals surface area contributed by atoms with Crippen molar-refractivity contribution in [3.63, 3.8) is 0 Å². The molecule has 3 heteroatoms. The van der Waals surface area contributed by atoms with E-state index in [1.807, 2.05) is 6.07 Å². The fourth-order valence-corrected chi connectivity index (χ4v) is 2.89. The van der Waals surface area contributed by atoms with Gasteiger partial charge in [0.05, 0.1) is 7.11 Å². The van der Waals surface area contributed by atoms with E-state index >= 15 is 0 Å². The van der Waals surface area contributed by atoms with Crippen LogP contribution in [0.2, 0.25) is 0 Å². The summed E-state index contributed by atoms with van der Waals surface area (Å²) >= 11 is 0. The van der Waals surface area contributed by atoms with Gasteiger partial charge in [0, 0.05) is 18.1 Å². The minimum absolute atomic E-state index is 0.353. The third kappa shape index (κ3) is 4.22. The van der Waals surface area contributed by atoms with Crippen LogP contribution in [0.5, 0.6) is 5.75 Å². The molecule has 1 heterocycles. The number of hydrogen-bond donors (Lipinski definition) is 2. The second-order valence-corrected chi connectivity index (χ2v) is 5.59. The van der Waals surface area contributed by atoms with Gasteiger partial charge in [-0.1, -0.05) is 12.1 Å². The normalized spacial score (nSPS) is 22.2. The first-order chi connectivity index (χ1) is 9.19. The van der Waals surface area contributed by atoms with Crippen molar-refractivity contribution in [2.24, 2.45) is 0 Å². The van der Waals surface area contributed by atoms with Crippen LogP contribution in [0.1, 0.15) is 44.7 Å². The van der Waals surface area contributed by atoms with Crippen LogP contribution in [-0.2, 0) is 0 Å². The quantitative estimate of drug-likeness (QED) is 0.827. The van der Waals surface area contributed by atoms with E-state index in [1.165, 1.54) is 31.4 Å². The Hall–Kier alpha value is -1.06. The smallest absolute Gasteiger partial charge is 0.119 e. The Kier molecular flexibility index (Phi) is 5.23. The molecule has 2 N–H and O–H groups in total. The van der Waals surface area contributed by atoms with Crippen molar-refractivity contribution in [1.29, 1.82) is 0 Å². The molecule has 0 bridgehead atoms. The zero-order chi connectivity index (χ0) is 13.7. The van der Waals surface area contributed by atoms with Gasteiger partial charge in [-0.05, 0) is 57.4 Å². The lowest BCUT2D eigenvalue weighted by Gasteiger charge is -2.23. The molecule has 1 aliphatic rings. The molecule has 19 heavy (non-hydrogen) atoms. The number of ether oxygens (including phenoxy) is 1. The molecule has 0 aliphatic carbocycles. The second kappa shape index (κ2) is 6.92. The van der Waals surface area contributed by atoms with E-state index in [0.29, 0.717) is 18.1 Å². The van der Waals surface area contributed by atoms with Crippen molar-refractivity contribution < 1.29 is 4.74 Å². The molecule has 1 aromatic carbocycles. The van der Waals surface area contributed by atoms with Crippen LogP contribution in [0.4, 0.5) is 0 Å². The Morgan fingerprint density at radius 3 is 2.95 bits per heavy atom. The minimum atomic E-state index is 0.353. The maximum atomic E-state index is 5.28. The summed E-state index contributed by atoms with van der Waals surface area (Å²) in [5.74, 6) is 0.927. The van der Waals surface area contributed by atoms with E-state index in [9.17, 15) is 0 Å². The highest BCUT2D eigenvalue weighted by Crippen LogP contribution is 2.20. The van der Waals surface area contributed by atoms with Crippen LogP contribution < -0.4 is 15.4 Å². The molecule has 1 aliphatic heterocycles. The standard InChI is InChI=1S/C16H26N2O/c1-12(10-15-7-5-9-17-15)18-13(2)14-6-4-8-16(11-14)19-3/h4,6,8,11-13,15,17-18H,5,7,9-10H2,1-3H3. The molecule has 1 aromatic rings. The lowest BCUT2D eigenvalue weighted by Crippen LogP contribution is -2.35. The summed E-state index contributed by atoms with van der Waals surface area (Å²) in [6.45, 7) is 5.67. The van der Waals surface area contributed by atoms with Crippen molar-refractivity contribution in [1.82, 2.24) is 10.6 Å². The van der Waals surface area contributed by atoms with E-state index in [4.69, 9.17) is 4.74 Å². The number of hydrogen-bond acceptors (Lipinski definition) is 3. The summed E-state index contributed by atoms with van der Waals surface area (Å²) in [5, 5.41) is 7.24. The summed E-state index contributed by atoms with van der Waals surface area (Å²) < 4.78 is 5.28. The predicted molar refractivity (Wildman–Crippen MR) is 79.6 cm³/mol. The van der Waals surface area contributed by atoms with E-state index in [-0.39, 0.29) is 0 Å². The van der Waals surface area contributed by atoms with Gasteiger partial charge >= 0.3 is 0 Å². The molecule has 0 radical (unpaired) electrons. The van der Waals surface area contributed by atoms with E-state index in [0.717, 1.165) is 5.75 Å². The van der Waals surface area contributed by atoms with Crippen LogP contribution in [0, 0.1) is 0 Å². The molecule has 1 saturated heterocycles. The lowest BCUT2D eigenvalue weighted by atomic mass is 10.0. The van der Waals surface area contributed by atoms with Crippen molar-refractivity contribution in [3.05, 3.63) is 29.8 Å². The first kappa shape index (κ1) is 14.4. The van der Waals surface area contributed by atoms with Crippen LogP contribution in [-0.4, -0.2) is 25.7 Å². The second-order valence-electron chi connectivity index (χ2n) is 5.59. The van der Waals surface area contributed by atoms with Gasteiger partial charge in [-0.25, -0.2) is 0 Å². The molecule has 0 amide bonds. The number of methoxy groups -OCH3 is 1. The maximum Gasteiger partial charge on any atom is 0.119 e. The fraction of sp³-hybridized carbons (Fsp3) is 0.625. The van der Waals surface area contributed by atoms with E-state index < -0.39 is 0 Å². The highest BCUT2D eigenvalue weighted by atomic mass is 16.5. The zero-order valence-electron chi connectivity index (χ0n) is 12.3. The number of nitrogens with one attached hydrogen (secondary N) is 2.